The second kappa shape index (κ2) is 5.80. The van der Waals surface area contributed by atoms with Gasteiger partial charge in [-0.15, -0.1) is 0 Å². The van der Waals surface area contributed by atoms with Gasteiger partial charge in [0.1, 0.15) is 4.90 Å². The smallest absolute Gasteiger partial charge is 0.240 e. The summed E-state index contributed by atoms with van der Waals surface area (Å²) in [6.07, 6.45) is 0.171. The minimum Gasteiger partial charge on any atom is -0.396 e. The predicted octanol–water partition coefficient (Wildman–Crippen LogP) is -0.583. The van der Waals surface area contributed by atoms with Gasteiger partial charge in [-0.25, -0.2) is 13.6 Å². The van der Waals surface area contributed by atoms with Crippen molar-refractivity contribution in [3.8, 4) is 0 Å². The summed E-state index contributed by atoms with van der Waals surface area (Å²) in [7, 11) is 0.0386. The van der Waals surface area contributed by atoms with Crippen LogP contribution in [-0.2, 0) is 10.0 Å². The topological polar surface area (TPSA) is 113 Å². The molecular formula is C13H22N4O3S. The SMILES string of the molecule is CN(C)CC1CC(O)CN1c1cccc(S(N)(=O)=O)c1N. The number of aliphatic hydroxyl groups excluding tert-OH is 1. The number of para-hydroxylation sites is 1. The zero-order valence-electron chi connectivity index (χ0n) is 12.2. The number of hydrogen-bond acceptors (Lipinski definition) is 6. The summed E-state index contributed by atoms with van der Waals surface area (Å²) in [5.74, 6) is 0. The lowest BCUT2D eigenvalue weighted by Gasteiger charge is -2.30. The quantitative estimate of drug-likeness (QED) is 0.641. The van der Waals surface area contributed by atoms with Crippen molar-refractivity contribution in [2.75, 3.05) is 37.8 Å². The monoisotopic (exact) mass is 314 g/mol. The number of likely N-dealkylation sites (N-methyl/N-ethyl adjacent to an activating group) is 1. The minimum atomic E-state index is -3.86. The van der Waals surface area contributed by atoms with E-state index in [4.69, 9.17) is 10.9 Å². The van der Waals surface area contributed by atoms with Crippen molar-refractivity contribution in [1.82, 2.24) is 4.90 Å². The maximum absolute atomic E-state index is 11.6. The van der Waals surface area contributed by atoms with E-state index in [2.05, 4.69) is 0 Å². The van der Waals surface area contributed by atoms with Crippen LogP contribution >= 0.6 is 0 Å². The normalized spacial score (nSPS) is 23.0. The van der Waals surface area contributed by atoms with E-state index in [9.17, 15) is 13.5 Å². The van der Waals surface area contributed by atoms with Crippen LogP contribution in [0.25, 0.3) is 0 Å². The molecule has 118 valence electrons. The molecule has 2 unspecified atom stereocenters. The van der Waals surface area contributed by atoms with E-state index in [0.29, 0.717) is 18.7 Å². The number of nitrogen functional groups attached to an aromatic ring is 1. The average molecular weight is 314 g/mol. The first-order valence-corrected chi connectivity index (χ1v) is 8.25. The second-order valence-corrected chi connectivity index (χ2v) is 7.22. The lowest BCUT2D eigenvalue weighted by Crippen LogP contribution is -2.38. The van der Waals surface area contributed by atoms with Gasteiger partial charge in [-0.05, 0) is 32.6 Å². The Bertz CT molecular complexity index is 618. The molecule has 5 N–H and O–H groups in total. The van der Waals surface area contributed by atoms with Gasteiger partial charge in [-0.3, -0.25) is 0 Å². The molecule has 2 rings (SSSR count). The van der Waals surface area contributed by atoms with E-state index in [1.807, 2.05) is 23.9 Å². The summed E-state index contributed by atoms with van der Waals surface area (Å²) < 4.78 is 23.1. The van der Waals surface area contributed by atoms with E-state index in [0.717, 1.165) is 6.54 Å². The number of primary sulfonamides is 1. The summed E-state index contributed by atoms with van der Waals surface area (Å²) in [6.45, 7) is 1.17. The summed E-state index contributed by atoms with van der Waals surface area (Å²) in [5, 5.41) is 15.1. The van der Waals surface area contributed by atoms with Crippen LogP contribution in [0.3, 0.4) is 0 Å². The van der Waals surface area contributed by atoms with E-state index in [1.54, 1.807) is 12.1 Å². The molecule has 2 atom stereocenters. The molecule has 0 spiro atoms. The Balaban J connectivity index is 2.41. The predicted molar refractivity (Wildman–Crippen MR) is 82.5 cm³/mol. The third-order valence-corrected chi connectivity index (χ3v) is 4.60. The summed E-state index contributed by atoms with van der Waals surface area (Å²) in [4.78, 5) is 3.90. The zero-order chi connectivity index (χ0) is 15.8. The first-order chi connectivity index (χ1) is 9.70. The highest BCUT2D eigenvalue weighted by Gasteiger charge is 2.33. The van der Waals surface area contributed by atoms with Gasteiger partial charge in [-0.2, -0.15) is 0 Å². The molecular weight excluding hydrogens is 292 g/mol. The van der Waals surface area contributed by atoms with Gasteiger partial charge in [0.25, 0.3) is 0 Å². The van der Waals surface area contributed by atoms with Crippen molar-refractivity contribution in [1.29, 1.82) is 0 Å². The molecule has 1 heterocycles. The lowest BCUT2D eigenvalue weighted by molar-refractivity contribution is 0.191. The summed E-state index contributed by atoms with van der Waals surface area (Å²) in [5.41, 5.74) is 6.73. The van der Waals surface area contributed by atoms with Crippen LogP contribution in [0.4, 0.5) is 11.4 Å². The van der Waals surface area contributed by atoms with Crippen LogP contribution in [0, 0.1) is 0 Å². The van der Waals surface area contributed by atoms with Crippen LogP contribution in [0.1, 0.15) is 6.42 Å². The van der Waals surface area contributed by atoms with Crippen molar-refractivity contribution < 1.29 is 13.5 Å². The third-order valence-electron chi connectivity index (χ3n) is 3.63. The van der Waals surface area contributed by atoms with Gasteiger partial charge < -0.3 is 20.6 Å². The van der Waals surface area contributed by atoms with Crippen LogP contribution in [0.15, 0.2) is 23.1 Å². The fraction of sp³-hybridized carbons (Fsp3) is 0.538. The second-order valence-electron chi connectivity index (χ2n) is 5.69. The van der Waals surface area contributed by atoms with Gasteiger partial charge in [0, 0.05) is 19.1 Å². The number of rotatable bonds is 4. The molecule has 1 aromatic carbocycles. The van der Waals surface area contributed by atoms with E-state index in [-0.39, 0.29) is 16.6 Å². The highest BCUT2D eigenvalue weighted by Crippen LogP contribution is 2.34. The van der Waals surface area contributed by atoms with Crippen LogP contribution in [0.5, 0.6) is 0 Å². The third kappa shape index (κ3) is 3.46. The Hall–Kier alpha value is -1.35. The number of sulfonamides is 1. The largest absolute Gasteiger partial charge is 0.396 e. The Kier molecular flexibility index (Phi) is 4.43. The van der Waals surface area contributed by atoms with Gasteiger partial charge in [0.2, 0.25) is 10.0 Å². The molecule has 1 saturated heterocycles. The fourth-order valence-corrected chi connectivity index (χ4v) is 3.49. The molecule has 1 aliphatic heterocycles. The van der Waals surface area contributed by atoms with Crippen molar-refractivity contribution in [2.45, 2.75) is 23.5 Å². The Morgan fingerprint density at radius 3 is 2.67 bits per heavy atom. The number of β-amino-alcohol motifs (C(OH)–C–C–N with tert-alkyl or cyclic N) is 1. The Morgan fingerprint density at radius 1 is 1.43 bits per heavy atom. The molecule has 1 aliphatic rings. The molecule has 1 aromatic rings. The van der Waals surface area contributed by atoms with Gasteiger partial charge in [0.05, 0.1) is 17.5 Å². The highest BCUT2D eigenvalue weighted by molar-refractivity contribution is 7.89. The summed E-state index contributed by atoms with van der Waals surface area (Å²) >= 11 is 0. The standard InChI is InChI=1S/C13H22N4O3S/c1-16(2)7-9-6-10(18)8-17(9)11-4-3-5-12(13(11)14)21(15,19)20/h3-5,9-10,18H,6-8,14H2,1-2H3,(H2,15,19,20). The average Bonchev–Trinajstić information content (AvgIpc) is 2.68. The van der Waals surface area contributed by atoms with Crippen molar-refractivity contribution >= 4 is 21.4 Å². The van der Waals surface area contributed by atoms with Crippen molar-refractivity contribution in [3.05, 3.63) is 18.2 Å². The number of aliphatic hydroxyl groups is 1. The van der Waals surface area contributed by atoms with Gasteiger partial charge >= 0.3 is 0 Å². The maximum Gasteiger partial charge on any atom is 0.240 e. The summed E-state index contributed by atoms with van der Waals surface area (Å²) in [6, 6.07) is 4.84. The molecule has 21 heavy (non-hydrogen) atoms. The van der Waals surface area contributed by atoms with Crippen LogP contribution in [-0.4, -0.2) is 57.8 Å². The van der Waals surface area contributed by atoms with E-state index in [1.165, 1.54) is 6.07 Å². The van der Waals surface area contributed by atoms with Gasteiger partial charge in [-0.1, -0.05) is 6.07 Å². The molecule has 0 aliphatic carbocycles. The molecule has 0 bridgehead atoms. The Labute approximate surface area is 125 Å². The van der Waals surface area contributed by atoms with Gasteiger partial charge in [0.15, 0.2) is 0 Å². The lowest BCUT2D eigenvalue weighted by atomic mass is 10.1. The van der Waals surface area contributed by atoms with Crippen molar-refractivity contribution in [3.63, 3.8) is 0 Å². The Morgan fingerprint density at radius 2 is 2.10 bits per heavy atom. The van der Waals surface area contributed by atoms with Crippen LogP contribution < -0.4 is 15.8 Å². The molecule has 0 saturated carbocycles. The van der Waals surface area contributed by atoms with Crippen LogP contribution in [0.2, 0.25) is 0 Å². The molecule has 0 radical (unpaired) electrons. The minimum absolute atomic E-state index is 0.0769. The molecule has 1 fully saturated rings. The van der Waals surface area contributed by atoms with E-state index < -0.39 is 16.1 Å². The number of nitrogens with two attached hydrogens (primary N) is 2. The maximum atomic E-state index is 11.6. The fourth-order valence-electron chi connectivity index (χ4n) is 2.81. The zero-order valence-corrected chi connectivity index (χ0v) is 13.0. The van der Waals surface area contributed by atoms with E-state index >= 15 is 0 Å². The highest BCUT2D eigenvalue weighted by atomic mass is 32.2. The first kappa shape index (κ1) is 16.0. The number of benzene rings is 1. The molecule has 7 nitrogen and oxygen atoms in total. The first-order valence-electron chi connectivity index (χ1n) is 6.71. The number of hydrogen-bond donors (Lipinski definition) is 3. The molecule has 0 amide bonds. The number of anilines is 2. The number of nitrogens with zero attached hydrogens (tertiary/aromatic N) is 2. The molecule has 0 aromatic heterocycles. The van der Waals surface area contributed by atoms with Crippen molar-refractivity contribution in [2.24, 2.45) is 5.14 Å². The molecule has 8 heteroatoms.